The Morgan fingerprint density at radius 2 is 1.69 bits per heavy atom. The first-order valence-corrected chi connectivity index (χ1v) is 15.9. The molecule has 0 saturated heterocycles. The topological polar surface area (TPSA) is 279 Å². The summed E-state index contributed by atoms with van der Waals surface area (Å²) in [5.74, 6) is -3.26. The second-order valence-corrected chi connectivity index (χ2v) is 11.6. The van der Waals surface area contributed by atoms with Crippen LogP contribution in [0.4, 0.5) is 16.3 Å². The zero-order valence-electron chi connectivity index (χ0n) is 27.7. The molecule has 0 fully saturated rings. The van der Waals surface area contributed by atoms with Crippen LogP contribution in [0.3, 0.4) is 0 Å². The van der Waals surface area contributed by atoms with E-state index in [1.807, 2.05) is 6.92 Å². The van der Waals surface area contributed by atoms with E-state index in [1.165, 1.54) is 4.57 Å². The lowest BCUT2D eigenvalue weighted by Crippen LogP contribution is -2.54. The minimum absolute atomic E-state index is 0.0657. The van der Waals surface area contributed by atoms with Crippen molar-refractivity contribution in [3.05, 3.63) is 29.8 Å². The normalized spacial score (nSPS) is 12.2. The van der Waals surface area contributed by atoms with Crippen LogP contribution >= 0.6 is 0 Å². The van der Waals surface area contributed by atoms with Crippen LogP contribution in [0.1, 0.15) is 64.9 Å². The van der Waals surface area contributed by atoms with E-state index >= 15 is 0 Å². The van der Waals surface area contributed by atoms with Crippen LogP contribution in [0.25, 0.3) is 11.2 Å². The number of benzene rings is 1. The van der Waals surface area contributed by atoms with E-state index in [0.29, 0.717) is 18.7 Å². The summed E-state index contributed by atoms with van der Waals surface area (Å²) >= 11 is 0. The van der Waals surface area contributed by atoms with E-state index in [0.717, 1.165) is 18.4 Å². The van der Waals surface area contributed by atoms with Crippen molar-refractivity contribution in [2.75, 3.05) is 24.2 Å². The fraction of sp³-hybridized carbons (Fsp3) is 0.484. The molecule has 2 heterocycles. The van der Waals surface area contributed by atoms with Gasteiger partial charge in [-0.15, -0.1) is 0 Å². The van der Waals surface area contributed by atoms with Gasteiger partial charge in [-0.3, -0.25) is 23.7 Å². The van der Waals surface area contributed by atoms with E-state index in [1.54, 1.807) is 38.1 Å². The first-order chi connectivity index (χ1) is 23.3. The number of carbonyl (C=O) groups is 5. The number of nitrogens with two attached hydrogens (primary N) is 2. The molecule has 0 saturated carbocycles. The number of hydrogen-bond acceptors (Lipinski definition) is 11. The Morgan fingerprint density at radius 3 is 2.33 bits per heavy atom. The van der Waals surface area contributed by atoms with Gasteiger partial charge in [0.2, 0.25) is 17.7 Å². The van der Waals surface area contributed by atoms with Crippen molar-refractivity contribution >= 4 is 52.4 Å². The standard InChI is InChI=1S/C31H44N10O8/c1-4-5-15-49-30-39-25(32)24-26(40-30)41(31(48)38-24)16-18-8-10-19(11-9-18)35-27(45)20(7-6-14-34-29(33)47)36-28(46)23(17(2)3)37-21(42)12-13-22(43)44/h8-11,17,20,23H,4-7,12-16H2,1-3H3,(H,35,45)(H,36,46)(H,37,42)(H,38,48)(H,43,44)(H2,32,39,40)(H3,33,34,47). The predicted molar refractivity (Wildman–Crippen MR) is 178 cm³/mol. The number of unbranched alkanes of at least 4 members (excludes halogenated alkanes) is 1. The molecule has 18 heteroatoms. The summed E-state index contributed by atoms with van der Waals surface area (Å²) in [6.45, 7) is 6.14. The third kappa shape index (κ3) is 11.5. The van der Waals surface area contributed by atoms with Crippen molar-refractivity contribution in [3.8, 4) is 12.0 Å². The fourth-order valence-corrected chi connectivity index (χ4v) is 4.66. The van der Waals surface area contributed by atoms with Crippen LogP contribution in [0.2, 0.25) is 0 Å². The molecule has 0 radical (unpaired) electrons. The fourth-order valence-electron chi connectivity index (χ4n) is 4.66. The minimum Gasteiger partial charge on any atom is -0.481 e. The number of anilines is 2. The Morgan fingerprint density at radius 1 is 0.980 bits per heavy atom. The number of carbonyl (C=O) groups excluding carboxylic acids is 4. The lowest BCUT2D eigenvalue weighted by atomic mass is 10.0. The van der Waals surface area contributed by atoms with Crippen molar-refractivity contribution in [1.82, 2.24) is 35.5 Å². The highest BCUT2D eigenvalue weighted by Gasteiger charge is 2.29. The molecule has 0 bridgehead atoms. The summed E-state index contributed by atoms with van der Waals surface area (Å²) < 4.78 is 7.04. The molecule has 1 aromatic carbocycles. The Bertz CT molecular complexity index is 1630. The smallest absolute Gasteiger partial charge is 0.320 e. The summed E-state index contributed by atoms with van der Waals surface area (Å²) in [6.07, 6.45) is 1.44. The summed E-state index contributed by atoms with van der Waals surface area (Å²) in [5.41, 5.74) is 12.8. The Kier molecular flexibility index (Phi) is 13.9. The van der Waals surface area contributed by atoms with Crippen molar-refractivity contribution in [2.24, 2.45) is 11.7 Å². The number of aromatic hydroxyl groups is 1. The molecule has 0 spiro atoms. The number of ether oxygens (including phenoxy) is 1. The third-order valence-corrected chi connectivity index (χ3v) is 7.31. The van der Waals surface area contributed by atoms with Gasteiger partial charge < -0.3 is 47.7 Å². The Balaban J connectivity index is 1.73. The van der Waals surface area contributed by atoms with E-state index in [9.17, 15) is 29.1 Å². The van der Waals surface area contributed by atoms with Gasteiger partial charge in [0.25, 0.3) is 6.01 Å². The van der Waals surface area contributed by atoms with Crippen molar-refractivity contribution in [2.45, 2.75) is 77.9 Å². The third-order valence-electron chi connectivity index (χ3n) is 7.31. The minimum atomic E-state index is -1.15. The zero-order chi connectivity index (χ0) is 36.1. The largest absolute Gasteiger partial charge is 0.481 e. The van der Waals surface area contributed by atoms with Crippen LogP contribution in [0.15, 0.2) is 24.3 Å². The number of rotatable bonds is 19. The number of carboxylic acids is 1. The van der Waals surface area contributed by atoms with Crippen molar-refractivity contribution in [3.63, 3.8) is 0 Å². The SMILES string of the molecule is CCCCOc1nc(N)c2nc(O)n(Cc3ccc(NC(=O)C(CCCNC(N)=O)NC(=O)C(NC(=O)CCC(=O)O)C(C)C)cc3)c2n1. The number of imidazole rings is 1. The van der Waals surface area contributed by atoms with Gasteiger partial charge in [-0.25, -0.2) is 4.79 Å². The van der Waals surface area contributed by atoms with Gasteiger partial charge >= 0.3 is 18.0 Å². The number of fused-ring (bicyclic) bond motifs is 1. The van der Waals surface area contributed by atoms with Gasteiger partial charge in [0.15, 0.2) is 17.0 Å². The van der Waals surface area contributed by atoms with E-state index in [2.05, 4.69) is 36.2 Å². The highest BCUT2D eigenvalue weighted by molar-refractivity contribution is 5.98. The molecule has 18 nitrogen and oxygen atoms in total. The van der Waals surface area contributed by atoms with Crippen LogP contribution in [-0.4, -0.2) is 84.7 Å². The maximum atomic E-state index is 13.4. The number of urea groups is 1. The average Bonchev–Trinajstić information content (AvgIpc) is 3.35. The maximum absolute atomic E-state index is 13.4. The quantitative estimate of drug-likeness (QED) is 0.0828. The molecular weight excluding hydrogens is 640 g/mol. The second-order valence-electron chi connectivity index (χ2n) is 11.6. The summed E-state index contributed by atoms with van der Waals surface area (Å²) in [7, 11) is 0. The van der Waals surface area contributed by atoms with Crippen molar-refractivity contribution in [1.29, 1.82) is 0 Å². The number of amides is 5. The Labute approximate surface area is 282 Å². The molecule has 3 aromatic rings. The number of hydrogen-bond donors (Lipinski definition) is 8. The molecule has 2 aromatic heterocycles. The average molecular weight is 685 g/mol. The summed E-state index contributed by atoms with van der Waals surface area (Å²) in [4.78, 5) is 73.4. The van der Waals surface area contributed by atoms with E-state index in [-0.39, 0.29) is 60.9 Å². The lowest BCUT2D eigenvalue weighted by molar-refractivity contribution is -0.139. The number of aliphatic carboxylic acids is 1. The monoisotopic (exact) mass is 684 g/mol. The molecular formula is C31H44N10O8. The summed E-state index contributed by atoms with van der Waals surface area (Å²) in [6, 6.07) is 3.64. The first kappa shape index (κ1) is 37.8. The highest BCUT2D eigenvalue weighted by atomic mass is 16.5. The number of nitrogen functional groups attached to an aromatic ring is 1. The van der Waals surface area contributed by atoms with Gasteiger partial charge in [0, 0.05) is 18.7 Å². The molecule has 0 aliphatic carbocycles. The molecule has 2 atom stereocenters. The van der Waals surface area contributed by atoms with Crippen LogP contribution in [-0.2, 0) is 25.7 Å². The van der Waals surface area contributed by atoms with E-state index < -0.39 is 48.2 Å². The molecule has 3 rings (SSSR count). The lowest BCUT2D eigenvalue weighted by Gasteiger charge is -2.25. The number of nitrogens with zero attached hydrogens (tertiary/aromatic N) is 4. The molecule has 266 valence electrons. The van der Waals surface area contributed by atoms with E-state index in [4.69, 9.17) is 21.3 Å². The van der Waals surface area contributed by atoms with Gasteiger partial charge in [0.05, 0.1) is 19.6 Å². The van der Waals surface area contributed by atoms with Gasteiger partial charge in [0.1, 0.15) is 12.1 Å². The molecule has 49 heavy (non-hydrogen) atoms. The number of primary amides is 1. The van der Waals surface area contributed by atoms with Crippen LogP contribution in [0, 0.1) is 5.92 Å². The Hall–Kier alpha value is -5.68. The molecule has 2 unspecified atom stereocenters. The first-order valence-electron chi connectivity index (χ1n) is 15.9. The zero-order valence-corrected chi connectivity index (χ0v) is 27.7. The van der Waals surface area contributed by atoms with Gasteiger partial charge in [-0.05, 0) is 42.9 Å². The van der Waals surface area contributed by atoms with Gasteiger partial charge in [-0.2, -0.15) is 15.0 Å². The molecule has 5 amide bonds. The molecule has 0 aliphatic heterocycles. The number of aromatic nitrogens is 4. The number of carboxylic acid groups (broad SMARTS) is 1. The van der Waals surface area contributed by atoms with Crippen LogP contribution < -0.4 is 37.5 Å². The van der Waals surface area contributed by atoms with Crippen molar-refractivity contribution < 1.29 is 38.9 Å². The van der Waals surface area contributed by atoms with Gasteiger partial charge in [-0.1, -0.05) is 39.3 Å². The highest BCUT2D eigenvalue weighted by Crippen LogP contribution is 2.26. The molecule has 10 N–H and O–H groups in total. The number of nitrogens with one attached hydrogen (secondary N) is 4. The van der Waals surface area contributed by atoms with Crippen LogP contribution in [0.5, 0.6) is 12.0 Å². The second kappa shape index (κ2) is 18.0. The molecule has 0 aliphatic rings. The predicted octanol–water partition coefficient (Wildman–Crippen LogP) is 1.22. The maximum Gasteiger partial charge on any atom is 0.320 e. The summed E-state index contributed by atoms with van der Waals surface area (Å²) in [5, 5.41) is 29.8.